The summed E-state index contributed by atoms with van der Waals surface area (Å²) in [5, 5.41) is 12.4. The number of methoxy groups -OCH3 is 1. The molecule has 0 amide bonds. The van der Waals surface area contributed by atoms with Gasteiger partial charge in [0.25, 0.3) is 0 Å². The molecular formula is C16H16N4O2. The van der Waals surface area contributed by atoms with Crippen LogP contribution in [0.25, 0.3) is 0 Å². The first-order valence-corrected chi connectivity index (χ1v) is 6.83. The molecule has 1 aromatic heterocycles. The van der Waals surface area contributed by atoms with E-state index in [1.807, 2.05) is 25.1 Å². The Morgan fingerprint density at radius 3 is 2.82 bits per heavy atom. The third-order valence-electron chi connectivity index (χ3n) is 3.73. The minimum absolute atomic E-state index is 0.296. The molecule has 2 heterocycles. The van der Waals surface area contributed by atoms with Gasteiger partial charge in [-0.05, 0) is 24.1 Å². The van der Waals surface area contributed by atoms with E-state index in [0.717, 1.165) is 16.9 Å². The molecule has 1 aromatic carbocycles. The monoisotopic (exact) mass is 296 g/mol. The summed E-state index contributed by atoms with van der Waals surface area (Å²) in [4.78, 5) is 4.41. The highest BCUT2D eigenvalue weighted by atomic mass is 16.5. The molecule has 3 N–H and O–H groups in total. The molecule has 0 fully saturated rings. The van der Waals surface area contributed by atoms with Gasteiger partial charge in [-0.15, -0.1) is 0 Å². The number of nitriles is 1. The number of hydrogen-bond acceptors (Lipinski definition) is 6. The van der Waals surface area contributed by atoms with Crippen molar-refractivity contribution in [2.24, 2.45) is 5.73 Å². The van der Waals surface area contributed by atoms with Crippen molar-refractivity contribution < 1.29 is 9.15 Å². The van der Waals surface area contributed by atoms with Crippen molar-refractivity contribution in [1.29, 1.82) is 5.26 Å². The minimum Gasteiger partial charge on any atom is -0.496 e. The summed E-state index contributed by atoms with van der Waals surface area (Å²) < 4.78 is 10.8. The molecule has 22 heavy (non-hydrogen) atoms. The maximum atomic E-state index is 9.48. The molecule has 0 unspecified atom stereocenters. The van der Waals surface area contributed by atoms with Crippen LogP contribution in [0.4, 0.5) is 5.88 Å². The van der Waals surface area contributed by atoms with Crippen molar-refractivity contribution in [2.45, 2.75) is 19.8 Å². The maximum absolute atomic E-state index is 9.48. The summed E-state index contributed by atoms with van der Waals surface area (Å²) in [6.45, 7) is 3.72. The van der Waals surface area contributed by atoms with E-state index in [1.54, 1.807) is 14.0 Å². The molecule has 1 atom stereocenters. The number of ether oxygens (including phenoxy) is 1. The molecule has 1 aliphatic rings. The predicted octanol–water partition coefficient (Wildman–Crippen LogP) is 2.55. The lowest BCUT2D eigenvalue weighted by molar-refractivity contribution is 0.411. The van der Waals surface area contributed by atoms with E-state index >= 15 is 0 Å². The van der Waals surface area contributed by atoms with Gasteiger partial charge in [-0.2, -0.15) is 5.26 Å². The molecule has 0 saturated carbocycles. The van der Waals surface area contributed by atoms with Gasteiger partial charge in [0, 0.05) is 6.92 Å². The Bertz CT molecular complexity index is 814. The van der Waals surface area contributed by atoms with E-state index in [-0.39, 0.29) is 5.92 Å². The average Bonchev–Trinajstić information content (AvgIpc) is 2.85. The van der Waals surface area contributed by atoms with E-state index in [2.05, 4.69) is 16.4 Å². The Hall–Kier alpha value is -2.94. The molecule has 0 radical (unpaired) electrons. The highest BCUT2D eigenvalue weighted by molar-refractivity contribution is 5.61. The second kappa shape index (κ2) is 5.11. The number of rotatable bonds is 2. The number of nitrogens with zero attached hydrogens (tertiary/aromatic N) is 2. The first kappa shape index (κ1) is 14.0. The fourth-order valence-corrected chi connectivity index (χ4v) is 2.74. The van der Waals surface area contributed by atoms with E-state index in [0.29, 0.717) is 28.9 Å². The molecule has 3 rings (SSSR count). The van der Waals surface area contributed by atoms with Crippen molar-refractivity contribution in [2.75, 3.05) is 12.4 Å². The van der Waals surface area contributed by atoms with Gasteiger partial charge >= 0.3 is 0 Å². The van der Waals surface area contributed by atoms with E-state index in [1.165, 1.54) is 0 Å². The van der Waals surface area contributed by atoms with Crippen LogP contribution in [0.2, 0.25) is 0 Å². The Labute approximate surface area is 128 Å². The quantitative estimate of drug-likeness (QED) is 0.884. The third kappa shape index (κ3) is 2.07. The van der Waals surface area contributed by atoms with Crippen LogP contribution in [0.1, 0.15) is 28.6 Å². The Balaban J connectivity index is 2.18. The van der Waals surface area contributed by atoms with Crippen LogP contribution >= 0.6 is 0 Å². The lowest BCUT2D eigenvalue weighted by Crippen LogP contribution is -2.22. The Morgan fingerprint density at radius 2 is 2.18 bits per heavy atom. The van der Waals surface area contributed by atoms with E-state index < -0.39 is 0 Å². The fraction of sp³-hybridized carbons (Fsp3) is 0.250. The van der Waals surface area contributed by atoms with Crippen LogP contribution in [-0.2, 0) is 0 Å². The van der Waals surface area contributed by atoms with Gasteiger partial charge in [0.1, 0.15) is 17.3 Å². The minimum atomic E-state index is -0.344. The van der Waals surface area contributed by atoms with Gasteiger partial charge in [-0.25, -0.2) is 4.98 Å². The number of allylic oxidation sites excluding steroid dienone is 1. The van der Waals surface area contributed by atoms with Crippen molar-refractivity contribution in [3.63, 3.8) is 0 Å². The van der Waals surface area contributed by atoms with Crippen molar-refractivity contribution in [3.8, 4) is 11.8 Å². The van der Waals surface area contributed by atoms with Crippen LogP contribution in [0, 0.1) is 25.2 Å². The number of oxazole rings is 1. The van der Waals surface area contributed by atoms with Gasteiger partial charge in [0.15, 0.2) is 5.89 Å². The number of fused-ring (bicyclic) bond motifs is 1. The number of aromatic nitrogens is 1. The van der Waals surface area contributed by atoms with Gasteiger partial charge in [0.05, 0.1) is 24.7 Å². The van der Waals surface area contributed by atoms with Crippen molar-refractivity contribution in [3.05, 3.63) is 52.3 Å². The smallest absolute Gasteiger partial charge is 0.223 e. The molecule has 6 heteroatoms. The normalized spacial score (nSPS) is 16.7. The van der Waals surface area contributed by atoms with Crippen molar-refractivity contribution >= 4 is 5.88 Å². The van der Waals surface area contributed by atoms with Gasteiger partial charge in [0.2, 0.25) is 5.88 Å². The predicted molar refractivity (Wildman–Crippen MR) is 81.3 cm³/mol. The number of nitrogens with two attached hydrogens (primary N) is 1. The first-order valence-electron chi connectivity index (χ1n) is 6.83. The second-order valence-electron chi connectivity index (χ2n) is 5.17. The van der Waals surface area contributed by atoms with E-state index in [4.69, 9.17) is 14.9 Å². The molecule has 0 spiro atoms. The Morgan fingerprint density at radius 1 is 1.41 bits per heavy atom. The number of anilines is 1. The number of hydrogen-bond donors (Lipinski definition) is 2. The van der Waals surface area contributed by atoms with Crippen molar-refractivity contribution in [1.82, 2.24) is 4.98 Å². The largest absolute Gasteiger partial charge is 0.496 e. The summed E-state index contributed by atoms with van der Waals surface area (Å²) in [6.07, 6.45) is 0. The molecule has 1 aliphatic heterocycles. The van der Waals surface area contributed by atoms with Crippen LogP contribution in [0.3, 0.4) is 0 Å². The van der Waals surface area contributed by atoms with Crippen LogP contribution in [-0.4, -0.2) is 12.1 Å². The Kier molecular flexibility index (Phi) is 3.26. The SMILES string of the molecule is COc1ccc([C@H]2C(C#N)=C(N)Nc3oc(C)nc32)cc1C. The lowest BCUT2D eigenvalue weighted by Gasteiger charge is -2.23. The summed E-state index contributed by atoms with van der Waals surface area (Å²) in [5.74, 6) is 1.77. The molecule has 6 nitrogen and oxygen atoms in total. The third-order valence-corrected chi connectivity index (χ3v) is 3.73. The fourth-order valence-electron chi connectivity index (χ4n) is 2.74. The summed E-state index contributed by atoms with van der Waals surface area (Å²) in [6, 6.07) is 7.96. The molecule has 0 bridgehead atoms. The van der Waals surface area contributed by atoms with Crippen LogP contribution in [0.15, 0.2) is 34.0 Å². The van der Waals surface area contributed by atoms with Crippen LogP contribution in [0.5, 0.6) is 5.75 Å². The molecule has 2 aromatic rings. The molecule has 0 saturated heterocycles. The molecule has 0 aliphatic carbocycles. The van der Waals surface area contributed by atoms with Gasteiger partial charge in [-0.1, -0.05) is 12.1 Å². The standard InChI is InChI=1S/C16H16N4O2/c1-8-6-10(4-5-12(8)21-3)13-11(7-17)15(18)20-16-14(13)19-9(2)22-16/h4-6,13,20H,18H2,1-3H3/t13-/m0/s1. The molecule has 112 valence electrons. The highest BCUT2D eigenvalue weighted by Gasteiger charge is 2.33. The topological polar surface area (TPSA) is 97.1 Å². The number of nitrogens with one attached hydrogen (secondary N) is 1. The molecular weight excluding hydrogens is 280 g/mol. The summed E-state index contributed by atoms with van der Waals surface area (Å²) in [5.41, 5.74) is 8.99. The first-order chi connectivity index (χ1) is 10.5. The van der Waals surface area contributed by atoms with Crippen LogP contribution < -0.4 is 15.8 Å². The zero-order valence-electron chi connectivity index (χ0n) is 12.6. The number of aryl methyl sites for hydroxylation is 2. The maximum Gasteiger partial charge on any atom is 0.223 e. The zero-order chi connectivity index (χ0) is 15.9. The summed E-state index contributed by atoms with van der Waals surface area (Å²) >= 11 is 0. The lowest BCUT2D eigenvalue weighted by atomic mass is 9.86. The van der Waals surface area contributed by atoms with Gasteiger partial charge in [-0.3, -0.25) is 0 Å². The average molecular weight is 296 g/mol. The van der Waals surface area contributed by atoms with E-state index in [9.17, 15) is 5.26 Å². The zero-order valence-corrected chi connectivity index (χ0v) is 12.6. The van der Waals surface area contributed by atoms with Gasteiger partial charge < -0.3 is 20.2 Å². The highest BCUT2D eigenvalue weighted by Crippen LogP contribution is 2.41. The second-order valence-corrected chi connectivity index (χ2v) is 5.17. The number of benzene rings is 1. The summed E-state index contributed by atoms with van der Waals surface area (Å²) in [7, 11) is 1.63.